The maximum atomic E-state index is 12.7. The van der Waals surface area contributed by atoms with Crippen molar-refractivity contribution in [1.82, 2.24) is 9.38 Å². The first-order valence-electron chi connectivity index (χ1n) is 8.85. The van der Waals surface area contributed by atoms with Crippen molar-refractivity contribution < 1.29 is 9.53 Å². The maximum absolute atomic E-state index is 12.7. The molecule has 0 aliphatic rings. The lowest BCUT2D eigenvalue weighted by Crippen LogP contribution is -2.07. The molecule has 0 unspecified atom stereocenters. The SMILES string of the molecule is Cc1ccc2nc(COC(=O)c3ccccc3-c3ccccc3C#N)cn2c1. The minimum Gasteiger partial charge on any atom is -0.456 e. The molecule has 2 aromatic carbocycles. The van der Waals surface area contributed by atoms with Gasteiger partial charge in [-0.15, -0.1) is 0 Å². The Labute approximate surface area is 162 Å². The van der Waals surface area contributed by atoms with Crippen molar-refractivity contribution in [3.63, 3.8) is 0 Å². The summed E-state index contributed by atoms with van der Waals surface area (Å²) in [7, 11) is 0. The minimum atomic E-state index is -0.448. The third kappa shape index (κ3) is 3.36. The van der Waals surface area contributed by atoms with Gasteiger partial charge < -0.3 is 9.14 Å². The van der Waals surface area contributed by atoms with E-state index >= 15 is 0 Å². The second kappa shape index (κ2) is 7.37. The number of pyridine rings is 1. The second-order valence-electron chi connectivity index (χ2n) is 6.48. The molecule has 2 aromatic heterocycles. The number of nitriles is 1. The van der Waals surface area contributed by atoms with Crippen molar-refractivity contribution >= 4 is 11.6 Å². The molecule has 0 bridgehead atoms. The molecule has 0 amide bonds. The second-order valence-corrected chi connectivity index (χ2v) is 6.48. The summed E-state index contributed by atoms with van der Waals surface area (Å²) >= 11 is 0. The van der Waals surface area contributed by atoms with Gasteiger partial charge in [-0.1, -0.05) is 42.5 Å². The van der Waals surface area contributed by atoms with E-state index in [1.165, 1.54) is 0 Å². The molecule has 5 nitrogen and oxygen atoms in total. The number of hydrogen-bond acceptors (Lipinski definition) is 4. The van der Waals surface area contributed by atoms with Crippen LogP contribution >= 0.6 is 0 Å². The third-order valence-electron chi connectivity index (χ3n) is 4.48. The van der Waals surface area contributed by atoms with Gasteiger partial charge in [-0.2, -0.15) is 5.26 Å². The Morgan fingerprint density at radius 3 is 2.61 bits per heavy atom. The van der Waals surface area contributed by atoms with E-state index in [1.807, 2.05) is 60.1 Å². The fraction of sp³-hybridized carbons (Fsp3) is 0.0870. The van der Waals surface area contributed by atoms with Gasteiger partial charge in [0.2, 0.25) is 0 Å². The molecule has 0 atom stereocenters. The van der Waals surface area contributed by atoms with E-state index < -0.39 is 5.97 Å². The average molecular weight is 367 g/mol. The van der Waals surface area contributed by atoms with Crippen LogP contribution in [-0.4, -0.2) is 15.4 Å². The van der Waals surface area contributed by atoms with Crippen LogP contribution in [0.15, 0.2) is 73.1 Å². The van der Waals surface area contributed by atoms with Crippen LogP contribution in [0.1, 0.15) is 27.2 Å². The summed E-state index contributed by atoms with van der Waals surface area (Å²) in [4.78, 5) is 17.2. The fourth-order valence-corrected chi connectivity index (χ4v) is 3.15. The number of ether oxygens (including phenoxy) is 1. The van der Waals surface area contributed by atoms with Crippen LogP contribution in [0.4, 0.5) is 0 Å². The summed E-state index contributed by atoms with van der Waals surface area (Å²) in [5.74, 6) is -0.448. The van der Waals surface area contributed by atoms with Gasteiger partial charge in [0.15, 0.2) is 0 Å². The molecule has 0 saturated carbocycles. The Kier molecular flexibility index (Phi) is 4.61. The number of carbonyl (C=O) groups excluding carboxylic acids is 1. The molecule has 0 fully saturated rings. The number of esters is 1. The normalized spacial score (nSPS) is 10.6. The first-order valence-corrected chi connectivity index (χ1v) is 8.85. The molecule has 5 heteroatoms. The zero-order chi connectivity index (χ0) is 19.5. The maximum Gasteiger partial charge on any atom is 0.339 e. The smallest absolute Gasteiger partial charge is 0.339 e. The number of imidazole rings is 1. The van der Waals surface area contributed by atoms with Crippen molar-refractivity contribution in [2.75, 3.05) is 0 Å². The lowest BCUT2D eigenvalue weighted by Gasteiger charge is -2.10. The van der Waals surface area contributed by atoms with E-state index in [9.17, 15) is 10.1 Å². The number of rotatable bonds is 4. The van der Waals surface area contributed by atoms with Crippen molar-refractivity contribution in [2.24, 2.45) is 0 Å². The molecule has 28 heavy (non-hydrogen) atoms. The highest BCUT2D eigenvalue weighted by molar-refractivity contribution is 5.98. The molecule has 4 aromatic rings. The van der Waals surface area contributed by atoms with Crippen LogP contribution in [0.25, 0.3) is 16.8 Å². The number of aromatic nitrogens is 2. The molecule has 136 valence electrons. The van der Waals surface area contributed by atoms with E-state index in [-0.39, 0.29) is 6.61 Å². The number of benzene rings is 2. The zero-order valence-electron chi connectivity index (χ0n) is 15.3. The number of fused-ring (bicyclic) bond motifs is 1. The number of hydrogen-bond donors (Lipinski definition) is 0. The molecular weight excluding hydrogens is 350 g/mol. The number of aryl methyl sites for hydroxylation is 1. The summed E-state index contributed by atoms with van der Waals surface area (Å²) in [6, 6.07) is 20.4. The molecular formula is C23H17N3O2. The summed E-state index contributed by atoms with van der Waals surface area (Å²) in [5, 5.41) is 9.37. The zero-order valence-corrected chi connectivity index (χ0v) is 15.3. The lowest BCUT2D eigenvalue weighted by molar-refractivity contribution is 0.0469. The predicted octanol–water partition coefficient (Wildman–Crippen LogP) is 4.54. The van der Waals surface area contributed by atoms with Gasteiger partial charge in [0, 0.05) is 18.0 Å². The van der Waals surface area contributed by atoms with Crippen LogP contribution in [-0.2, 0) is 11.3 Å². The molecule has 0 saturated heterocycles. The molecule has 2 heterocycles. The van der Waals surface area contributed by atoms with Gasteiger partial charge in [-0.05, 0) is 36.2 Å². The summed E-state index contributed by atoms with van der Waals surface area (Å²) in [6.07, 6.45) is 3.83. The number of carbonyl (C=O) groups is 1. The number of nitrogens with zero attached hydrogens (tertiary/aromatic N) is 3. The highest BCUT2D eigenvalue weighted by Crippen LogP contribution is 2.27. The van der Waals surface area contributed by atoms with Crippen molar-refractivity contribution in [3.8, 4) is 17.2 Å². The summed E-state index contributed by atoms with van der Waals surface area (Å²) < 4.78 is 7.42. The van der Waals surface area contributed by atoms with Crippen LogP contribution in [0, 0.1) is 18.3 Å². The molecule has 0 spiro atoms. The quantitative estimate of drug-likeness (QED) is 0.497. The molecule has 0 N–H and O–H groups in total. The first-order chi connectivity index (χ1) is 13.7. The van der Waals surface area contributed by atoms with E-state index in [1.54, 1.807) is 24.3 Å². The fourth-order valence-electron chi connectivity index (χ4n) is 3.15. The Bertz CT molecular complexity index is 1220. The first kappa shape index (κ1) is 17.5. The average Bonchev–Trinajstić information content (AvgIpc) is 3.14. The Hall–Kier alpha value is -3.91. The highest BCUT2D eigenvalue weighted by Gasteiger charge is 2.16. The van der Waals surface area contributed by atoms with Crippen molar-refractivity contribution in [3.05, 3.63) is 95.4 Å². The predicted molar refractivity (Wildman–Crippen MR) is 106 cm³/mol. The molecule has 0 radical (unpaired) electrons. The Morgan fingerprint density at radius 2 is 1.79 bits per heavy atom. The molecule has 4 rings (SSSR count). The van der Waals surface area contributed by atoms with Gasteiger partial charge >= 0.3 is 5.97 Å². The molecule has 0 aliphatic heterocycles. The molecule has 0 aliphatic carbocycles. The van der Waals surface area contributed by atoms with Crippen molar-refractivity contribution in [2.45, 2.75) is 13.5 Å². The van der Waals surface area contributed by atoms with Gasteiger partial charge in [-0.3, -0.25) is 0 Å². The summed E-state index contributed by atoms with van der Waals surface area (Å²) in [5.41, 5.74) is 4.92. The lowest BCUT2D eigenvalue weighted by atomic mass is 9.96. The van der Waals surface area contributed by atoms with E-state index in [4.69, 9.17) is 4.74 Å². The van der Waals surface area contributed by atoms with Crippen LogP contribution in [0.5, 0.6) is 0 Å². The van der Waals surface area contributed by atoms with Crippen molar-refractivity contribution in [1.29, 1.82) is 5.26 Å². The van der Waals surface area contributed by atoms with Gasteiger partial charge in [0.25, 0.3) is 0 Å². The topological polar surface area (TPSA) is 67.4 Å². The van der Waals surface area contributed by atoms with Gasteiger partial charge in [0.05, 0.1) is 22.9 Å². The minimum absolute atomic E-state index is 0.0772. The highest BCUT2D eigenvalue weighted by atomic mass is 16.5. The standard InChI is InChI=1S/C23H17N3O2/c1-16-10-11-22-25-18(14-26(22)13-16)15-28-23(27)21-9-5-4-8-20(21)19-7-3-2-6-17(19)12-24/h2-11,13-14H,15H2,1H3. The van der Waals surface area contributed by atoms with E-state index in [0.717, 1.165) is 11.2 Å². The van der Waals surface area contributed by atoms with Crippen LogP contribution in [0.2, 0.25) is 0 Å². The van der Waals surface area contributed by atoms with Crippen LogP contribution in [0.3, 0.4) is 0 Å². The largest absolute Gasteiger partial charge is 0.456 e. The Balaban J connectivity index is 1.59. The van der Waals surface area contributed by atoms with Crippen LogP contribution < -0.4 is 0 Å². The monoisotopic (exact) mass is 367 g/mol. The summed E-state index contributed by atoms with van der Waals surface area (Å²) in [6.45, 7) is 2.09. The van der Waals surface area contributed by atoms with E-state index in [2.05, 4.69) is 11.1 Å². The van der Waals surface area contributed by atoms with E-state index in [0.29, 0.717) is 27.9 Å². The van der Waals surface area contributed by atoms with Gasteiger partial charge in [0.1, 0.15) is 12.3 Å². The van der Waals surface area contributed by atoms with Gasteiger partial charge in [-0.25, -0.2) is 9.78 Å². The Morgan fingerprint density at radius 1 is 1.04 bits per heavy atom. The third-order valence-corrected chi connectivity index (χ3v) is 4.48.